The monoisotopic (exact) mass is 408 g/mol. The second-order valence-corrected chi connectivity index (χ2v) is 7.07. The van der Waals surface area contributed by atoms with Gasteiger partial charge in [0, 0.05) is 12.2 Å². The molecule has 1 aliphatic rings. The smallest absolute Gasteiger partial charge is 0.308 e. The van der Waals surface area contributed by atoms with Crippen molar-refractivity contribution in [3.63, 3.8) is 0 Å². The summed E-state index contributed by atoms with van der Waals surface area (Å²) in [5, 5.41) is 2.67. The van der Waals surface area contributed by atoms with E-state index >= 15 is 0 Å². The zero-order chi connectivity index (χ0) is 21.5. The first-order valence-corrected chi connectivity index (χ1v) is 9.99. The molecular formula is C23H24N2O5. The molecule has 1 aliphatic heterocycles. The number of aryl methyl sites for hydroxylation is 1. The number of hydrogen-bond acceptors (Lipinski definition) is 5. The first kappa shape index (κ1) is 21.2. The summed E-state index contributed by atoms with van der Waals surface area (Å²) in [5.41, 5.74) is 2.49. The number of benzene rings is 2. The maximum Gasteiger partial charge on any atom is 0.308 e. The molecular weight excluding hydrogens is 384 g/mol. The number of nitrogens with one attached hydrogen (secondary N) is 1. The van der Waals surface area contributed by atoms with E-state index in [1.165, 1.54) is 5.56 Å². The number of anilines is 1. The molecule has 0 saturated heterocycles. The third-order valence-electron chi connectivity index (χ3n) is 4.84. The van der Waals surface area contributed by atoms with E-state index in [0.717, 1.165) is 24.2 Å². The van der Waals surface area contributed by atoms with Crippen molar-refractivity contribution in [3.05, 3.63) is 65.2 Å². The summed E-state index contributed by atoms with van der Waals surface area (Å²) in [6, 6.07) is 14.1. The molecule has 0 bridgehead atoms. The Morgan fingerprint density at radius 2 is 1.60 bits per heavy atom. The average molecular weight is 408 g/mol. The molecule has 1 heterocycles. The molecule has 0 unspecified atom stereocenters. The van der Waals surface area contributed by atoms with Gasteiger partial charge in [-0.3, -0.25) is 24.1 Å². The number of amides is 3. The highest BCUT2D eigenvalue weighted by Crippen LogP contribution is 2.22. The highest BCUT2D eigenvalue weighted by atomic mass is 16.5. The fourth-order valence-electron chi connectivity index (χ4n) is 3.20. The van der Waals surface area contributed by atoms with Crippen molar-refractivity contribution in [2.24, 2.45) is 0 Å². The molecule has 0 atom stereocenters. The number of ether oxygens (including phenoxy) is 1. The van der Waals surface area contributed by atoms with Crippen LogP contribution < -0.4 is 5.32 Å². The van der Waals surface area contributed by atoms with Crippen LogP contribution in [0, 0.1) is 0 Å². The van der Waals surface area contributed by atoms with Gasteiger partial charge in [-0.25, -0.2) is 0 Å². The lowest BCUT2D eigenvalue weighted by molar-refractivity contribution is -0.147. The normalized spacial score (nSPS) is 12.6. The van der Waals surface area contributed by atoms with Crippen LogP contribution >= 0.6 is 0 Å². The van der Waals surface area contributed by atoms with Crippen LogP contribution in [-0.4, -0.2) is 41.7 Å². The van der Waals surface area contributed by atoms with E-state index in [1.54, 1.807) is 24.3 Å². The van der Waals surface area contributed by atoms with Gasteiger partial charge in [0.15, 0.2) is 6.61 Å². The molecule has 0 aliphatic carbocycles. The Bertz CT molecular complexity index is 917. The molecule has 0 radical (unpaired) electrons. The number of esters is 1. The summed E-state index contributed by atoms with van der Waals surface area (Å²) in [4.78, 5) is 49.5. The molecule has 3 rings (SSSR count). The Kier molecular flexibility index (Phi) is 6.95. The molecule has 156 valence electrons. The van der Waals surface area contributed by atoms with Gasteiger partial charge in [-0.15, -0.1) is 0 Å². The number of imide groups is 1. The Balaban J connectivity index is 1.41. The number of rotatable bonds is 9. The summed E-state index contributed by atoms with van der Waals surface area (Å²) in [7, 11) is 0. The lowest BCUT2D eigenvalue weighted by atomic mass is 10.1. The van der Waals surface area contributed by atoms with Crippen LogP contribution in [0.25, 0.3) is 0 Å². The first-order valence-electron chi connectivity index (χ1n) is 9.99. The van der Waals surface area contributed by atoms with Crippen molar-refractivity contribution >= 4 is 29.4 Å². The van der Waals surface area contributed by atoms with Gasteiger partial charge in [0.25, 0.3) is 17.7 Å². The first-order chi connectivity index (χ1) is 14.5. The molecule has 0 saturated carbocycles. The zero-order valence-electron chi connectivity index (χ0n) is 16.8. The zero-order valence-corrected chi connectivity index (χ0v) is 16.8. The molecule has 7 heteroatoms. The van der Waals surface area contributed by atoms with Gasteiger partial charge >= 0.3 is 5.97 Å². The van der Waals surface area contributed by atoms with E-state index in [4.69, 9.17) is 4.74 Å². The van der Waals surface area contributed by atoms with Gasteiger partial charge in [-0.05, 0) is 42.7 Å². The number of hydrogen-bond donors (Lipinski definition) is 1. The van der Waals surface area contributed by atoms with Gasteiger partial charge < -0.3 is 10.1 Å². The van der Waals surface area contributed by atoms with Gasteiger partial charge in [0.05, 0.1) is 17.5 Å². The van der Waals surface area contributed by atoms with E-state index in [1.807, 2.05) is 24.3 Å². The number of carbonyl (C=O) groups excluding carboxylic acids is 4. The molecule has 1 N–H and O–H groups in total. The van der Waals surface area contributed by atoms with Crippen molar-refractivity contribution < 1.29 is 23.9 Å². The molecule has 2 aromatic rings. The van der Waals surface area contributed by atoms with Crippen LogP contribution in [0.4, 0.5) is 5.69 Å². The predicted molar refractivity (Wildman–Crippen MR) is 111 cm³/mol. The van der Waals surface area contributed by atoms with Crippen molar-refractivity contribution in [2.75, 3.05) is 18.5 Å². The minimum absolute atomic E-state index is 0.0912. The topological polar surface area (TPSA) is 92.8 Å². The quantitative estimate of drug-likeness (QED) is 0.508. The third-order valence-corrected chi connectivity index (χ3v) is 4.84. The summed E-state index contributed by atoms with van der Waals surface area (Å²) in [5.74, 6) is -1.96. The highest BCUT2D eigenvalue weighted by Gasteiger charge is 2.35. The highest BCUT2D eigenvalue weighted by molar-refractivity contribution is 6.21. The summed E-state index contributed by atoms with van der Waals surface area (Å²) in [6.07, 6.45) is 3.06. The lowest BCUT2D eigenvalue weighted by Crippen LogP contribution is -2.32. The van der Waals surface area contributed by atoms with E-state index < -0.39 is 30.3 Å². The van der Waals surface area contributed by atoms with Crippen LogP contribution in [0.3, 0.4) is 0 Å². The molecule has 0 fully saturated rings. The molecule has 0 aromatic heterocycles. The Morgan fingerprint density at radius 1 is 0.967 bits per heavy atom. The van der Waals surface area contributed by atoms with E-state index in [-0.39, 0.29) is 13.0 Å². The summed E-state index contributed by atoms with van der Waals surface area (Å²) in [6.45, 7) is 1.61. The van der Waals surface area contributed by atoms with Crippen LogP contribution in [0.1, 0.15) is 52.5 Å². The van der Waals surface area contributed by atoms with Crippen LogP contribution in [0.2, 0.25) is 0 Å². The number of nitrogens with zero attached hydrogens (tertiary/aromatic N) is 1. The van der Waals surface area contributed by atoms with Crippen LogP contribution in [0.5, 0.6) is 0 Å². The summed E-state index contributed by atoms with van der Waals surface area (Å²) < 4.78 is 4.96. The largest absolute Gasteiger partial charge is 0.456 e. The molecule has 2 aromatic carbocycles. The van der Waals surface area contributed by atoms with Gasteiger partial charge in [-0.2, -0.15) is 0 Å². The van der Waals surface area contributed by atoms with E-state index in [2.05, 4.69) is 12.2 Å². The van der Waals surface area contributed by atoms with Gasteiger partial charge in [-0.1, -0.05) is 37.6 Å². The number of unbranched alkanes of at least 4 members (excludes halogenated alkanes) is 1. The molecule has 7 nitrogen and oxygen atoms in total. The number of carbonyl (C=O) groups is 4. The fourth-order valence-corrected chi connectivity index (χ4v) is 3.20. The van der Waals surface area contributed by atoms with Gasteiger partial charge in [0.1, 0.15) is 0 Å². The van der Waals surface area contributed by atoms with Crippen LogP contribution in [-0.2, 0) is 20.7 Å². The average Bonchev–Trinajstić information content (AvgIpc) is 3.00. The van der Waals surface area contributed by atoms with Crippen molar-refractivity contribution in [1.29, 1.82) is 0 Å². The second kappa shape index (κ2) is 9.82. The molecule has 3 amide bonds. The van der Waals surface area contributed by atoms with Gasteiger partial charge in [0.2, 0.25) is 0 Å². The Labute approximate surface area is 175 Å². The predicted octanol–water partition coefficient (Wildman–Crippen LogP) is 3.20. The van der Waals surface area contributed by atoms with Crippen molar-refractivity contribution in [2.45, 2.75) is 32.6 Å². The van der Waals surface area contributed by atoms with Crippen LogP contribution in [0.15, 0.2) is 48.5 Å². The van der Waals surface area contributed by atoms with Crippen molar-refractivity contribution in [1.82, 2.24) is 4.90 Å². The van der Waals surface area contributed by atoms with Crippen molar-refractivity contribution in [3.8, 4) is 0 Å². The Morgan fingerprint density at radius 3 is 2.20 bits per heavy atom. The minimum Gasteiger partial charge on any atom is -0.456 e. The number of fused-ring (bicyclic) bond motifs is 1. The maximum atomic E-state index is 12.3. The van der Waals surface area contributed by atoms with E-state index in [0.29, 0.717) is 16.8 Å². The SMILES string of the molecule is CCCCc1ccc(NC(=O)COC(=O)CCN2C(=O)c3ccccc3C2=O)cc1. The fraction of sp³-hybridized carbons (Fsp3) is 0.304. The lowest BCUT2D eigenvalue weighted by Gasteiger charge is -2.13. The molecule has 0 spiro atoms. The molecule has 30 heavy (non-hydrogen) atoms. The standard InChI is InChI=1S/C23H24N2O5/c1-2-3-6-16-9-11-17(12-10-16)24-20(26)15-30-21(27)13-14-25-22(28)18-7-4-5-8-19(18)23(25)29/h4-5,7-12H,2-3,6,13-15H2,1H3,(H,24,26). The second-order valence-electron chi connectivity index (χ2n) is 7.07. The third kappa shape index (κ3) is 5.11. The Hall–Kier alpha value is -3.48. The summed E-state index contributed by atoms with van der Waals surface area (Å²) >= 11 is 0. The maximum absolute atomic E-state index is 12.3. The minimum atomic E-state index is -0.656. The van der Waals surface area contributed by atoms with E-state index in [9.17, 15) is 19.2 Å².